The number of aromatic hydroxyl groups is 1. The predicted octanol–water partition coefficient (Wildman–Crippen LogP) is 1.03. The number of carbonyl (C=O) groups excluding carboxylic acids is 1. The van der Waals surface area contributed by atoms with Crippen molar-refractivity contribution >= 4 is 5.97 Å². The molecule has 2 rings (SSSR count). The van der Waals surface area contributed by atoms with Crippen LogP contribution in [0.1, 0.15) is 17.4 Å². The van der Waals surface area contributed by atoms with Crippen LogP contribution in [-0.4, -0.2) is 32.6 Å². The van der Waals surface area contributed by atoms with Gasteiger partial charge in [-0.2, -0.15) is 4.98 Å². The van der Waals surface area contributed by atoms with E-state index in [4.69, 9.17) is 0 Å². The highest BCUT2D eigenvalue weighted by Crippen LogP contribution is 2.25. The topological polar surface area (TPSA) is 102 Å². The molecule has 0 spiro atoms. The van der Waals surface area contributed by atoms with Crippen LogP contribution >= 0.6 is 0 Å². The van der Waals surface area contributed by atoms with Crippen molar-refractivity contribution in [1.29, 1.82) is 0 Å². The van der Waals surface area contributed by atoms with Gasteiger partial charge in [0, 0.05) is 5.56 Å². The van der Waals surface area contributed by atoms with Gasteiger partial charge < -0.3 is 15.1 Å². The number of esters is 1. The zero-order valence-electron chi connectivity index (χ0n) is 10.6. The van der Waals surface area contributed by atoms with E-state index in [-0.39, 0.29) is 17.0 Å². The van der Waals surface area contributed by atoms with Gasteiger partial charge in [-0.05, 0) is 6.92 Å². The molecule has 0 saturated carbocycles. The Kier molecular flexibility index (Phi) is 3.69. The standard InChI is InChI=1S/C13H12N2O5/c1-2-20-13(18)9-12(17)15(19)10(11(16)14-9)8-6-4-3-5-7-8/h3-7,16,19H,2H2,1H3. The molecule has 2 N–H and O–H groups in total. The van der Waals surface area contributed by atoms with E-state index in [1.54, 1.807) is 37.3 Å². The monoisotopic (exact) mass is 276 g/mol. The van der Waals surface area contributed by atoms with Gasteiger partial charge >= 0.3 is 11.5 Å². The van der Waals surface area contributed by atoms with Crippen molar-refractivity contribution in [2.45, 2.75) is 6.92 Å². The van der Waals surface area contributed by atoms with Crippen molar-refractivity contribution in [3.05, 3.63) is 46.4 Å². The maximum atomic E-state index is 11.9. The molecule has 0 fully saturated rings. The van der Waals surface area contributed by atoms with Gasteiger partial charge in [-0.1, -0.05) is 30.3 Å². The molecule has 7 heteroatoms. The summed E-state index contributed by atoms with van der Waals surface area (Å²) in [5, 5.41) is 19.7. The molecular formula is C13H12N2O5. The molecule has 2 aromatic rings. The Balaban J connectivity index is 2.62. The number of carbonyl (C=O) groups is 1. The van der Waals surface area contributed by atoms with E-state index < -0.39 is 23.1 Å². The van der Waals surface area contributed by atoms with Crippen molar-refractivity contribution < 1.29 is 19.8 Å². The van der Waals surface area contributed by atoms with Crippen LogP contribution in [0.15, 0.2) is 35.1 Å². The minimum Gasteiger partial charge on any atom is -0.492 e. The van der Waals surface area contributed by atoms with Crippen LogP contribution in [0.2, 0.25) is 0 Å². The fourth-order valence-electron chi connectivity index (χ4n) is 1.68. The zero-order chi connectivity index (χ0) is 14.7. The average Bonchev–Trinajstić information content (AvgIpc) is 2.44. The third kappa shape index (κ3) is 2.33. The highest BCUT2D eigenvalue weighted by atomic mass is 16.5. The lowest BCUT2D eigenvalue weighted by Gasteiger charge is -2.09. The second-order valence-corrected chi connectivity index (χ2v) is 3.84. The molecule has 0 atom stereocenters. The predicted molar refractivity (Wildman–Crippen MR) is 68.7 cm³/mol. The number of rotatable bonds is 3. The van der Waals surface area contributed by atoms with E-state index in [0.717, 1.165) is 0 Å². The molecule has 0 aliphatic carbocycles. The van der Waals surface area contributed by atoms with Gasteiger partial charge in [-0.25, -0.2) is 4.79 Å². The number of aromatic nitrogens is 2. The Labute approximate surface area is 113 Å². The first-order chi connectivity index (χ1) is 9.56. The summed E-state index contributed by atoms with van der Waals surface area (Å²) in [4.78, 5) is 26.9. The van der Waals surface area contributed by atoms with Crippen LogP contribution < -0.4 is 5.56 Å². The first-order valence-corrected chi connectivity index (χ1v) is 5.84. The minimum absolute atomic E-state index is 0.0482. The summed E-state index contributed by atoms with van der Waals surface area (Å²) in [5.41, 5.74) is -1.54. The third-order valence-electron chi connectivity index (χ3n) is 2.55. The van der Waals surface area contributed by atoms with Crippen LogP contribution in [0.25, 0.3) is 11.3 Å². The van der Waals surface area contributed by atoms with Gasteiger partial charge in [-0.15, -0.1) is 4.73 Å². The SMILES string of the molecule is CCOC(=O)c1nc(O)c(-c2ccccc2)n(O)c1=O. The fourth-order valence-corrected chi connectivity index (χ4v) is 1.68. The van der Waals surface area contributed by atoms with Gasteiger partial charge in [0.05, 0.1) is 6.61 Å². The van der Waals surface area contributed by atoms with Gasteiger partial charge in [0.2, 0.25) is 11.6 Å². The lowest BCUT2D eigenvalue weighted by atomic mass is 10.1. The molecule has 0 unspecified atom stereocenters. The van der Waals surface area contributed by atoms with Crippen LogP contribution in [0.5, 0.6) is 5.88 Å². The fraction of sp³-hybridized carbons (Fsp3) is 0.154. The smallest absolute Gasteiger partial charge is 0.362 e. The summed E-state index contributed by atoms with van der Waals surface area (Å²) in [6.45, 7) is 1.61. The zero-order valence-corrected chi connectivity index (χ0v) is 10.6. The van der Waals surface area contributed by atoms with Gasteiger partial charge in [0.1, 0.15) is 0 Å². The maximum Gasteiger partial charge on any atom is 0.362 e. The molecule has 0 aliphatic rings. The molecule has 0 bridgehead atoms. The van der Waals surface area contributed by atoms with Gasteiger partial charge in [0.25, 0.3) is 0 Å². The Hall–Kier alpha value is -2.83. The highest BCUT2D eigenvalue weighted by molar-refractivity contribution is 5.87. The molecule has 1 heterocycles. The second-order valence-electron chi connectivity index (χ2n) is 3.84. The first kappa shape index (κ1) is 13.6. The van der Waals surface area contributed by atoms with E-state index >= 15 is 0 Å². The summed E-state index contributed by atoms with van der Waals surface area (Å²) in [5.74, 6) is -1.64. The second kappa shape index (κ2) is 5.43. The lowest BCUT2D eigenvalue weighted by molar-refractivity contribution is 0.0508. The lowest BCUT2D eigenvalue weighted by Crippen LogP contribution is -2.29. The highest BCUT2D eigenvalue weighted by Gasteiger charge is 2.22. The summed E-state index contributed by atoms with van der Waals surface area (Å²) in [7, 11) is 0. The summed E-state index contributed by atoms with van der Waals surface area (Å²) >= 11 is 0. The molecule has 0 aliphatic heterocycles. The summed E-state index contributed by atoms with van der Waals surface area (Å²) in [6, 6.07) is 8.22. The first-order valence-electron chi connectivity index (χ1n) is 5.84. The summed E-state index contributed by atoms with van der Waals surface area (Å²) < 4.78 is 4.81. The minimum atomic E-state index is -1.06. The van der Waals surface area contributed by atoms with Crippen molar-refractivity contribution in [1.82, 2.24) is 9.71 Å². The number of ether oxygens (including phenoxy) is 1. The molecule has 0 amide bonds. The van der Waals surface area contributed by atoms with Crippen molar-refractivity contribution in [2.24, 2.45) is 0 Å². The summed E-state index contributed by atoms with van der Waals surface area (Å²) in [6.07, 6.45) is 0. The Morgan fingerprint density at radius 3 is 2.60 bits per heavy atom. The molecule has 0 radical (unpaired) electrons. The van der Waals surface area contributed by atoms with E-state index in [9.17, 15) is 19.9 Å². The van der Waals surface area contributed by atoms with Crippen LogP contribution in [-0.2, 0) is 4.74 Å². The molecular weight excluding hydrogens is 264 g/mol. The van der Waals surface area contributed by atoms with E-state index in [1.165, 1.54) is 0 Å². The molecule has 20 heavy (non-hydrogen) atoms. The van der Waals surface area contributed by atoms with Crippen LogP contribution in [0, 0.1) is 0 Å². The normalized spacial score (nSPS) is 10.2. The Morgan fingerprint density at radius 2 is 2.00 bits per heavy atom. The van der Waals surface area contributed by atoms with Crippen molar-refractivity contribution in [3.63, 3.8) is 0 Å². The molecule has 7 nitrogen and oxygen atoms in total. The molecule has 104 valence electrons. The quantitative estimate of drug-likeness (QED) is 0.641. The average molecular weight is 276 g/mol. The van der Waals surface area contributed by atoms with E-state index in [2.05, 4.69) is 9.72 Å². The van der Waals surface area contributed by atoms with Crippen molar-refractivity contribution in [3.8, 4) is 17.1 Å². The van der Waals surface area contributed by atoms with E-state index in [0.29, 0.717) is 5.56 Å². The molecule has 1 aromatic heterocycles. The largest absolute Gasteiger partial charge is 0.492 e. The number of benzene rings is 1. The number of hydrogen-bond acceptors (Lipinski definition) is 6. The van der Waals surface area contributed by atoms with Gasteiger partial charge in [0.15, 0.2) is 5.69 Å². The number of hydrogen-bond donors (Lipinski definition) is 2. The Morgan fingerprint density at radius 1 is 1.35 bits per heavy atom. The molecule has 0 saturated heterocycles. The van der Waals surface area contributed by atoms with Crippen molar-refractivity contribution in [2.75, 3.05) is 6.61 Å². The van der Waals surface area contributed by atoms with E-state index in [1.807, 2.05) is 0 Å². The van der Waals surface area contributed by atoms with Crippen LogP contribution in [0.3, 0.4) is 0 Å². The maximum absolute atomic E-state index is 11.9. The van der Waals surface area contributed by atoms with Crippen LogP contribution in [0.4, 0.5) is 0 Å². The Bertz CT molecular complexity index is 694. The number of nitrogens with zero attached hydrogens (tertiary/aromatic N) is 2. The van der Waals surface area contributed by atoms with Gasteiger partial charge in [-0.3, -0.25) is 4.79 Å². The molecule has 1 aromatic carbocycles. The third-order valence-corrected chi connectivity index (χ3v) is 2.55.